The van der Waals surface area contributed by atoms with Gasteiger partial charge in [-0.1, -0.05) is 45.9 Å². The predicted octanol–water partition coefficient (Wildman–Crippen LogP) is 5.16. The van der Waals surface area contributed by atoms with Crippen molar-refractivity contribution in [2.45, 2.75) is 27.7 Å². The number of nitrogens with one attached hydrogen (secondary N) is 1. The molecule has 2 aromatic rings. The van der Waals surface area contributed by atoms with Crippen molar-refractivity contribution in [2.24, 2.45) is 16.9 Å². The van der Waals surface area contributed by atoms with Crippen LogP contribution in [0.1, 0.15) is 33.3 Å². The third-order valence-electron chi connectivity index (χ3n) is 3.90. The average molecular weight is 368 g/mol. The number of nitro benzene ring substituents is 1. The normalized spacial score (nSPS) is 11.3. The first-order valence-electron chi connectivity index (χ1n) is 9.24. The largest absolute Gasteiger partial charge is 0.370 e. The first-order valence-corrected chi connectivity index (χ1v) is 9.24. The number of rotatable bonds is 9. The van der Waals surface area contributed by atoms with E-state index in [2.05, 4.69) is 43.1 Å². The molecule has 1 N–H and O–H groups in total. The molecule has 2 aromatic carbocycles. The van der Waals surface area contributed by atoms with Crippen LogP contribution in [0.25, 0.3) is 0 Å². The van der Waals surface area contributed by atoms with Crippen molar-refractivity contribution in [2.75, 3.05) is 23.4 Å². The highest BCUT2D eigenvalue weighted by Gasteiger charge is 2.17. The summed E-state index contributed by atoms with van der Waals surface area (Å²) in [6.07, 6.45) is 1.66. The minimum Gasteiger partial charge on any atom is -0.370 e. The maximum absolute atomic E-state index is 11.2. The van der Waals surface area contributed by atoms with Gasteiger partial charge in [-0.2, -0.15) is 5.10 Å². The summed E-state index contributed by atoms with van der Waals surface area (Å²) in [6, 6.07) is 14.6. The maximum Gasteiger partial charge on any atom is 0.270 e. The predicted molar refractivity (Wildman–Crippen MR) is 113 cm³/mol. The summed E-state index contributed by atoms with van der Waals surface area (Å²) >= 11 is 0. The molecule has 0 aromatic heterocycles. The van der Waals surface area contributed by atoms with Gasteiger partial charge in [-0.15, -0.1) is 0 Å². The Morgan fingerprint density at radius 1 is 1.07 bits per heavy atom. The van der Waals surface area contributed by atoms with Crippen molar-refractivity contribution < 1.29 is 4.92 Å². The summed E-state index contributed by atoms with van der Waals surface area (Å²) in [7, 11) is 0. The summed E-state index contributed by atoms with van der Waals surface area (Å²) in [4.78, 5) is 13.1. The van der Waals surface area contributed by atoms with Gasteiger partial charge in [0.05, 0.1) is 16.8 Å². The van der Waals surface area contributed by atoms with Crippen LogP contribution in [0.3, 0.4) is 0 Å². The number of nitrogens with zero attached hydrogens (tertiary/aromatic N) is 3. The van der Waals surface area contributed by atoms with E-state index in [1.54, 1.807) is 18.3 Å². The number of hydrazone groups is 1. The Balaban J connectivity index is 2.35. The summed E-state index contributed by atoms with van der Waals surface area (Å²) in [5, 5.41) is 15.5. The Bertz CT molecular complexity index is 763. The lowest BCUT2D eigenvalue weighted by Gasteiger charge is -2.29. The second-order valence-corrected chi connectivity index (χ2v) is 7.43. The molecule has 2 rings (SSSR count). The third kappa shape index (κ3) is 6.40. The molecule has 144 valence electrons. The molecule has 0 amide bonds. The molecule has 0 heterocycles. The van der Waals surface area contributed by atoms with Crippen LogP contribution in [-0.4, -0.2) is 24.2 Å². The maximum atomic E-state index is 11.2. The Kier molecular flexibility index (Phi) is 7.34. The molecule has 0 saturated heterocycles. The van der Waals surface area contributed by atoms with Gasteiger partial charge in [-0.3, -0.25) is 15.5 Å². The van der Waals surface area contributed by atoms with Gasteiger partial charge in [0.15, 0.2) is 0 Å². The molecule has 0 bridgehead atoms. The lowest BCUT2D eigenvalue weighted by molar-refractivity contribution is -0.384. The molecule has 0 atom stereocenters. The van der Waals surface area contributed by atoms with Gasteiger partial charge in [-0.05, 0) is 30.0 Å². The lowest BCUT2D eigenvalue weighted by Crippen LogP contribution is -2.32. The molecule has 0 radical (unpaired) electrons. The topological polar surface area (TPSA) is 70.8 Å². The van der Waals surface area contributed by atoms with Crippen LogP contribution in [0.2, 0.25) is 0 Å². The second kappa shape index (κ2) is 9.71. The first-order chi connectivity index (χ1) is 12.9. The van der Waals surface area contributed by atoms with Crippen LogP contribution >= 0.6 is 0 Å². The highest BCUT2D eigenvalue weighted by atomic mass is 16.6. The van der Waals surface area contributed by atoms with Crippen molar-refractivity contribution in [1.82, 2.24) is 0 Å². The highest BCUT2D eigenvalue weighted by Crippen LogP contribution is 2.26. The van der Waals surface area contributed by atoms with E-state index in [1.165, 1.54) is 0 Å². The van der Waals surface area contributed by atoms with E-state index < -0.39 is 0 Å². The van der Waals surface area contributed by atoms with Crippen molar-refractivity contribution in [3.8, 4) is 0 Å². The van der Waals surface area contributed by atoms with Gasteiger partial charge in [0.1, 0.15) is 0 Å². The SMILES string of the molecule is CC(C)CN(CC(C)C)c1ccc([N+](=O)[O-])cc1/C=N/Nc1ccccc1. The number of anilines is 2. The quantitative estimate of drug-likeness (QED) is 0.377. The molecule has 6 nitrogen and oxygen atoms in total. The molecule has 27 heavy (non-hydrogen) atoms. The Hall–Kier alpha value is -2.89. The fraction of sp³-hybridized carbons (Fsp3) is 0.381. The lowest BCUT2D eigenvalue weighted by atomic mass is 10.1. The van der Waals surface area contributed by atoms with E-state index in [1.807, 2.05) is 36.4 Å². The number of para-hydroxylation sites is 1. The van der Waals surface area contributed by atoms with Gasteiger partial charge >= 0.3 is 0 Å². The van der Waals surface area contributed by atoms with Gasteiger partial charge in [0.2, 0.25) is 0 Å². The number of non-ortho nitro benzene ring substituents is 1. The summed E-state index contributed by atoms with van der Waals surface area (Å²) in [5.41, 5.74) is 5.59. The third-order valence-corrected chi connectivity index (χ3v) is 3.90. The highest BCUT2D eigenvalue weighted by molar-refractivity contribution is 5.89. The standard InChI is InChI=1S/C21H28N4O2/c1-16(2)14-24(15-17(3)4)21-11-10-20(25(26)27)12-18(21)13-22-23-19-8-6-5-7-9-19/h5-13,16-17,23H,14-15H2,1-4H3/b22-13+. The Labute approximate surface area is 161 Å². The smallest absolute Gasteiger partial charge is 0.270 e. The summed E-state index contributed by atoms with van der Waals surface area (Å²) < 4.78 is 0. The van der Waals surface area contributed by atoms with E-state index in [4.69, 9.17) is 0 Å². The zero-order valence-corrected chi connectivity index (χ0v) is 16.4. The molecular weight excluding hydrogens is 340 g/mol. The van der Waals surface area contributed by atoms with Crippen molar-refractivity contribution in [3.63, 3.8) is 0 Å². The molecule has 0 aliphatic heterocycles. The minimum absolute atomic E-state index is 0.0638. The van der Waals surface area contributed by atoms with Gasteiger partial charge in [0, 0.05) is 36.5 Å². The fourth-order valence-corrected chi connectivity index (χ4v) is 2.89. The van der Waals surface area contributed by atoms with Crippen LogP contribution in [0.15, 0.2) is 53.6 Å². The van der Waals surface area contributed by atoms with Crippen molar-refractivity contribution in [1.29, 1.82) is 0 Å². The Morgan fingerprint density at radius 2 is 1.70 bits per heavy atom. The van der Waals surface area contributed by atoms with Crippen molar-refractivity contribution >= 4 is 23.3 Å². The molecule has 0 aliphatic rings. The zero-order chi connectivity index (χ0) is 19.8. The fourth-order valence-electron chi connectivity index (χ4n) is 2.89. The monoisotopic (exact) mass is 368 g/mol. The Morgan fingerprint density at radius 3 is 2.26 bits per heavy atom. The van der Waals surface area contributed by atoms with E-state index in [-0.39, 0.29) is 10.6 Å². The van der Waals surface area contributed by atoms with E-state index in [0.717, 1.165) is 30.0 Å². The summed E-state index contributed by atoms with van der Waals surface area (Å²) in [6.45, 7) is 10.4. The molecule has 6 heteroatoms. The van der Waals surface area contributed by atoms with Crippen molar-refractivity contribution in [3.05, 3.63) is 64.2 Å². The molecule has 0 unspecified atom stereocenters. The average Bonchev–Trinajstić information content (AvgIpc) is 2.61. The number of benzene rings is 2. The van der Waals surface area contributed by atoms with E-state index in [0.29, 0.717) is 11.8 Å². The first kappa shape index (κ1) is 20.4. The van der Waals surface area contributed by atoms with E-state index >= 15 is 0 Å². The van der Waals surface area contributed by atoms with Crippen LogP contribution in [0, 0.1) is 22.0 Å². The van der Waals surface area contributed by atoms with E-state index in [9.17, 15) is 10.1 Å². The second-order valence-electron chi connectivity index (χ2n) is 7.43. The number of hydrogen-bond acceptors (Lipinski definition) is 5. The van der Waals surface area contributed by atoms with Crippen LogP contribution in [0.4, 0.5) is 17.1 Å². The molecule has 0 spiro atoms. The van der Waals surface area contributed by atoms with Gasteiger partial charge in [-0.25, -0.2) is 0 Å². The van der Waals surface area contributed by atoms with Gasteiger partial charge < -0.3 is 4.90 Å². The van der Waals surface area contributed by atoms with Crippen LogP contribution in [0.5, 0.6) is 0 Å². The van der Waals surface area contributed by atoms with Crippen LogP contribution in [-0.2, 0) is 0 Å². The molecule has 0 fully saturated rings. The molecular formula is C21H28N4O2. The molecule has 0 aliphatic carbocycles. The van der Waals surface area contributed by atoms with Crippen LogP contribution < -0.4 is 10.3 Å². The number of nitro groups is 1. The minimum atomic E-state index is -0.374. The summed E-state index contributed by atoms with van der Waals surface area (Å²) in [5.74, 6) is 0.956. The zero-order valence-electron chi connectivity index (χ0n) is 16.4. The number of hydrogen-bond donors (Lipinski definition) is 1. The van der Waals surface area contributed by atoms with Gasteiger partial charge in [0.25, 0.3) is 5.69 Å². The molecule has 0 saturated carbocycles.